The zero-order valence-electron chi connectivity index (χ0n) is 10.9. The van der Waals surface area contributed by atoms with E-state index in [1.165, 1.54) is 18.7 Å². The predicted octanol–water partition coefficient (Wildman–Crippen LogP) is 1.54. The number of hydrogen-bond donors (Lipinski definition) is 1. The van der Waals surface area contributed by atoms with Crippen molar-refractivity contribution in [3.8, 4) is 0 Å². The number of rotatable bonds is 2. The molecule has 0 aromatic heterocycles. The maximum Gasteiger partial charge on any atom is 0.161 e. The number of carbonyl (C=O) groups is 1. The molecule has 1 aromatic rings. The van der Waals surface area contributed by atoms with Crippen LogP contribution >= 0.6 is 11.8 Å². The average Bonchev–Trinajstić information content (AvgIpc) is 2.79. The molecule has 7 heteroatoms. The molecule has 106 valence electrons. The smallest absolute Gasteiger partial charge is 0.161 e. The first-order valence-corrected chi connectivity index (χ1v) is 8.93. The third kappa shape index (κ3) is 2.25. The summed E-state index contributed by atoms with van der Waals surface area (Å²) in [5.41, 5.74) is 1.30. The first kappa shape index (κ1) is 13.6. The lowest BCUT2D eigenvalue weighted by molar-refractivity contribution is 0.101. The van der Waals surface area contributed by atoms with E-state index in [0.29, 0.717) is 10.7 Å². The maximum absolute atomic E-state index is 11.7. The minimum atomic E-state index is -3.02. The molecule has 3 rings (SSSR count). The van der Waals surface area contributed by atoms with Crippen LogP contribution in [0.1, 0.15) is 17.3 Å². The van der Waals surface area contributed by atoms with Crippen LogP contribution in [0.5, 0.6) is 0 Å². The number of amidine groups is 1. The van der Waals surface area contributed by atoms with Gasteiger partial charge in [0.25, 0.3) is 0 Å². The van der Waals surface area contributed by atoms with Crippen molar-refractivity contribution in [2.24, 2.45) is 0 Å². The fraction of sp³-hybridized carbons (Fsp3) is 0.385. The molecule has 0 amide bonds. The van der Waals surface area contributed by atoms with Crippen LogP contribution in [0.2, 0.25) is 0 Å². The van der Waals surface area contributed by atoms with Crippen LogP contribution in [-0.2, 0) is 9.84 Å². The second-order valence-electron chi connectivity index (χ2n) is 5.08. The number of ketones is 1. The van der Waals surface area contributed by atoms with Crippen LogP contribution in [-0.4, -0.2) is 42.2 Å². The summed E-state index contributed by atoms with van der Waals surface area (Å²) in [4.78, 5) is 13.2. The van der Waals surface area contributed by atoms with Crippen molar-refractivity contribution in [2.45, 2.75) is 18.2 Å². The molecular weight excluding hydrogens is 296 g/mol. The van der Waals surface area contributed by atoms with Gasteiger partial charge in [-0.05, 0) is 19.1 Å². The van der Waals surface area contributed by atoms with Crippen molar-refractivity contribution in [1.82, 2.24) is 0 Å². The molecule has 0 spiro atoms. The number of thioether (sulfide) groups is 1. The first-order valence-electron chi connectivity index (χ1n) is 6.23. The molecule has 5 nitrogen and oxygen atoms in total. The summed E-state index contributed by atoms with van der Waals surface area (Å²) in [6, 6.07) is 6.83. The van der Waals surface area contributed by atoms with Gasteiger partial charge in [-0.3, -0.25) is 10.2 Å². The molecule has 2 fully saturated rings. The van der Waals surface area contributed by atoms with Crippen LogP contribution in [0.3, 0.4) is 0 Å². The number of benzene rings is 1. The number of anilines is 1. The first-order chi connectivity index (χ1) is 9.37. The van der Waals surface area contributed by atoms with Gasteiger partial charge >= 0.3 is 0 Å². The van der Waals surface area contributed by atoms with E-state index in [9.17, 15) is 13.2 Å². The summed E-state index contributed by atoms with van der Waals surface area (Å²) in [7, 11) is -3.02. The normalized spacial score (nSPS) is 27.6. The minimum absolute atomic E-state index is 0.0409. The molecule has 2 atom stereocenters. The molecule has 2 heterocycles. The zero-order valence-corrected chi connectivity index (χ0v) is 12.5. The Morgan fingerprint density at radius 2 is 2.15 bits per heavy atom. The van der Waals surface area contributed by atoms with Gasteiger partial charge in [0.1, 0.15) is 0 Å². The van der Waals surface area contributed by atoms with Crippen LogP contribution in [0.4, 0.5) is 5.69 Å². The summed E-state index contributed by atoms with van der Waals surface area (Å²) < 4.78 is 23.5. The summed E-state index contributed by atoms with van der Waals surface area (Å²) in [6.07, 6.45) is 0. The fourth-order valence-corrected chi connectivity index (χ4v) is 6.48. The summed E-state index contributed by atoms with van der Waals surface area (Å²) in [6.45, 7) is 1.49. The zero-order chi connectivity index (χ0) is 14.5. The Hall–Kier alpha value is -1.34. The van der Waals surface area contributed by atoms with Crippen LogP contribution in [0, 0.1) is 5.41 Å². The van der Waals surface area contributed by atoms with E-state index in [2.05, 4.69) is 0 Å². The van der Waals surface area contributed by atoms with Crippen LogP contribution < -0.4 is 4.90 Å². The van der Waals surface area contributed by atoms with Gasteiger partial charge in [0.15, 0.2) is 20.8 Å². The Labute approximate surface area is 121 Å². The number of nitrogens with one attached hydrogen (secondary N) is 1. The molecule has 2 saturated heterocycles. The van der Waals surface area contributed by atoms with Gasteiger partial charge in [-0.2, -0.15) is 0 Å². The highest BCUT2D eigenvalue weighted by Crippen LogP contribution is 2.40. The number of carbonyl (C=O) groups excluding carboxylic acids is 1. The average molecular weight is 310 g/mol. The van der Waals surface area contributed by atoms with Gasteiger partial charge < -0.3 is 4.90 Å². The van der Waals surface area contributed by atoms with E-state index < -0.39 is 9.84 Å². The second kappa shape index (κ2) is 4.60. The molecule has 0 aliphatic carbocycles. The van der Waals surface area contributed by atoms with Gasteiger partial charge in [0, 0.05) is 16.5 Å². The molecule has 0 unspecified atom stereocenters. The van der Waals surface area contributed by atoms with Crippen LogP contribution in [0.15, 0.2) is 24.3 Å². The van der Waals surface area contributed by atoms with Crippen molar-refractivity contribution in [2.75, 3.05) is 16.4 Å². The lowest BCUT2D eigenvalue weighted by Gasteiger charge is -2.24. The van der Waals surface area contributed by atoms with Crippen molar-refractivity contribution in [3.05, 3.63) is 29.8 Å². The minimum Gasteiger partial charge on any atom is -0.316 e. The second-order valence-corrected chi connectivity index (χ2v) is 8.46. The topological polar surface area (TPSA) is 78.3 Å². The van der Waals surface area contributed by atoms with E-state index >= 15 is 0 Å². The number of hydrogen-bond acceptors (Lipinski definition) is 5. The van der Waals surface area contributed by atoms with Gasteiger partial charge in [0.2, 0.25) is 0 Å². The Bertz CT molecular complexity index is 699. The molecule has 2 aliphatic heterocycles. The van der Waals surface area contributed by atoms with Crippen LogP contribution in [0.25, 0.3) is 0 Å². The lowest BCUT2D eigenvalue weighted by Crippen LogP contribution is -2.37. The highest BCUT2D eigenvalue weighted by Gasteiger charge is 2.48. The molecule has 1 N–H and O–H groups in total. The van der Waals surface area contributed by atoms with Crippen molar-refractivity contribution < 1.29 is 13.2 Å². The largest absolute Gasteiger partial charge is 0.316 e. The summed E-state index contributed by atoms with van der Waals surface area (Å²) in [5.74, 6) is 0.172. The van der Waals surface area contributed by atoms with Crippen molar-refractivity contribution >= 4 is 38.2 Å². The third-order valence-electron chi connectivity index (χ3n) is 3.62. The molecular formula is C13H14N2O3S2. The van der Waals surface area contributed by atoms with E-state index in [0.717, 1.165) is 5.69 Å². The van der Waals surface area contributed by atoms with Gasteiger partial charge in [-0.25, -0.2) is 8.42 Å². The highest BCUT2D eigenvalue weighted by molar-refractivity contribution is 8.15. The van der Waals surface area contributed by atoms with E-state index in [1.54, 1.807) is 23.1 Å². The molecule has 0 saturated carbocycles. The van der Waals surface area contributed by atoms with Crippen molar-refractivity contribution in [3.63, 3.8) is 0 Å². The Morgan fingerprint density at radius 1 is 1.40 bits per heavy atom. The Morgan fingerprint density at radius 3 is 2.85 bits per heavy atom. The van der Waals surface area contributed by atoms with Crippen molar-refractivity contribution in [1.29, 1.82) is 5.41 Å². The molecule has 1 aromatic carbocycles. The SMILES string of the molecule is CC(=O)c1cccc(N2C(=N)S[C@H]3CS(=O)(=O)C[C@@H]32)c1. The van der Waals surface area contributed by atoms with E-state index in [-0.39, 0.29) is 28.6 Å². The number of nitrogens with zero attached hydrogens (tertiary/aromatic N) is 1. The Kier molecular flexibility index (Phi) is 3.13. The van der Waals surface area contributed by atoms with Gasteiger partial charge in [-0.1, -0.05) is 23.9 Å². The number of Topliss-reactive ketones (excluding diaryl/α,β-unsaturated/α-hetero) is 1. The van der Waals surface area contributed by atoms with Gasteiger partial charge in [0.05, 0.1) is 17.5 Å². The van der Waals surface area contributed by atoms with E-state index in [1.807, 2.05) is 6.07 Å². The third-order valence-corrected chi connectivity index (χ3v) is 6.75. The molecule has 20 heavy (non-hydrogen) atoms. The van der Waals surface area contributed by atoms with Gasteiger partial charge in [-0.15, -0.1) is 0 Å². The lowest BCUT2D eigenvalue weighted by atomic mass is 10.1. The summed E-state index contributed by atoms with van der Waals surface area (Å²) in [5, 5.41) is 8.34. The number of sulfone groups is 1. The van der Waals surface area contributed by atoms with E-state index in [4.69, 9.17) is 5.41 Å². The number of fused-ring (bicyclic) bond motifs is 1. The molecule has 0 radical (unpaired) electrons. The molecule has 2 aliphatic rings. The highest BCUT2D eigenvalue weighted by atomic mass is 32.2. The standard InChI is InChI=1S/C13H14N2O3S2/c1-8(16)9-3-2-4-10(5-9)15-11-6-20(17,18)7-12(11)19-13(15)14/h2-5,11-12,14H,6-7H2,1H3/t11-,12-/m0/s1. The summed E-state index contributed by atoms with van der Waals surface area (Å²) >= 11 is 1.30. The monoisotopic (exact) mass is 310 g/mol. The Balaban J connectivity index is 1.99. The quantitative estimate of drug-likeness (QED) is 0.838. The predicted molar refractivity (Wildman–Crippen MR) is 80.5 cm³/mol. The maximum atomic E-state index is 11.7. The molecule has 0 bridgehead atoms. The fourth-order valence-electron chi connectivity index (χ4n) is 2.68.